The Morgan fingerprint density at radius 2 is 1.82 bits per heavy atom. The second-order valence-electron chi connectivity index (χ2n) is 3.59. The molecule has 1 fully saturated rings. The predicted octanol–water partition coefficient (Wildman–Crippen LogP) is 3.26. The van der Waals surface area contributed by atoms with Crippen molar-refractivity contribution < 1.29 is 4.74 Å². The SMILES string of the molecule is CC(C)=COC1CCCCC1. The first-order valence-corrected chi connectivity index (χ1v) is 4.58. The van der Waals surface area contributed by atoms with Crippen molar-refractivity contribution in [3.8, 4) is 0 Å². The molecule has 1 aliphatic rings. The third-order valence-electron chi connectivity index (χ3n) is 2.05. The van der Waals surface area contributed by atoms with E-state index in [0.29, 0.717) is 6.10 Å². The van der Waals surface area contributed by atoms with Crippen LogP contribution >= 0.6 is 0 Å². The van der Waals surface area contributed by atoms with Gasteiger partial charge in [0.15, 0.2) is 0 Å². The molecule has 1 nitrogen and oxygen atoms in total. The normalized spacial score (nSPS) is 19.5. The van der Waals surface area contributed by atoms with Gasteiger partial charge in [-0.25, -0.2) is 0 Å². The highest BCUT2D eigenvalue weighted by Crippen LogP contribution is 2.20. The second kappa shape index (κ2) is 4.42. The fraction of sp³-hybridized carbons (Fsp3) is 0.800. The molecule has 11 heavy (non-hydrogen) atoms. The van der Waals surface area contributed by atoms with Crippen LogP contribution in [0.5, 0.6) is 0 Å². The number of hydrogen-bond acceptors (Lipinski definition) is 1. The molecule has 0 saturated heterocycles. The molecule has 64 valence electrons. The fourth-order valence-electron chi connectivity index (χ4n) is 1.43. The van der Waals surface area contributed by atoms with Gasteiger partial charge in [0.1, 0.15) is 0 Å². The van der Waals surface area contributed by atoms with E-state index < -0.39 is 0 Å². The molecule has 1 aliphatic carbocycles. The van der Waals surface area contributed by atoms with Gasteiger partial charge in [0.25, 0.3) is 0 Å². The summed E-state index contributed by atoms with van der Waals surface area (Å²) in [5.41, 5.74) is 1.26. The van der Waals surface area contributed by atoms with Gasteiger partial charge in [-0.1, -0.05) is 6.42 Å². The zero-order chi connectivity index (χ0) is 8.10. The van der Waals surface area contributed by atoms with Gasteiger partial charge in [0, 0.05) is 0 Å². The average Bonchev–Trinajstić information content (AvgIpc) is 2.03. The van der Waals surface area contributed by atoms with Crippen molar-refractivity contribution in [3.05, 3.63) is 11.8 Å². The molecule has 1 saturated carbocycles. The van der Waals surface area contributed by atoms with E-state index in [4.69, 9.17) is 4.74 Å². The van der Waals surface area contributed by atoms with E-state index in [0.717, 1.165) is 0 Å². The summed E-state index contributed by atoms with van der Waals surface area (Å²) in [5.74, 6) is 0. The maximum Gasteiger partial charge on any atom is 0.0978 e. The molecule has 1 heteroatoms. The van der Waals surface area contributed by atoms with Crippen LogP contribution in [-0.4, -0.2) is 6.10 Å². The molecule has 0 atom stereocenters. The monoisotopic (exact) mass is 154 g/mol. The molecular weight excluding hydrogens is 136 g/mol. The molecule has 0 N–H and O–H groups in total. The standard InChI is InChI=1S/C10H18O/c1-9(2)8-11-10-6-4-3-5-7-10/h8,10H,3-7H2,1-2H3. The molecule has 0 unspecified atom stereocenters. The van der Waals surface area contributed by atoms with Gasteiger partial charge in [0.05, 0.1) is 12.4 Å². The Morgan fingerprint density at radius 1 is 1.18 bits per heavy atom. The predicted molar refractivity (Wildman–Crippen MR) is 47.4 cm³/mol. The van der Waals surface area contributed by atoms with Crippen LogP contribution in [0.2, 0.25) is 0 Å². The number of ether oxygens (including phenoxy) is 1. The Bertz CT molecular complexity index is 128. The van der Waals surface area contributed by atoms with Gasteiger partial charge in [-0.2, -0.15) is 0 Å². The number of allylic oxidation sites excluding steroid dienone is 1. The van der Waals surface area contributed by atoms with Crippen molar-refractivity contribution in [2.45, 2.75) is 52.1 Å². The molecule has 0 bridgehead atoms. The Hall–Kier alpha value is -0.460. The molecule has 0 radical (unpaired) electrons. The number of hydrogen-bond donors (Lipinski definition) is 0. The van der Waals surface area contributed by atoms with E-state index in [2.05, 4.69) is 13.8 Å². The van der Waals surface area contributed by atoms with Gasteiger partial charge in [-0.15, -0.1) is 0 Å². The summed E-state index contributed by atoms with van der Waals surface area (Å²) in [6.45, 7) is 4.14. The topological polar surface area (TPSA) is 9.23 Å². The lowest BCUT2D eigenvalue weighted by atomic mass is 9.98. The van der Waals surface area contributed by atoms with Crippen LogP contribution in [-0.2, 0) is 4.74 Å². The highest BCUT2D eigenvalue weighted by Gasteiger charge is 2.12. The quantitative estimate of drug-likeness (QED) is 0.555. The number of rotatable bonds is 2. The molecule has 0 aromatic rings. The van der Waals surface area contributed by atoms with Crippen molar-refractivity contribution in [3.63, 3.8) is 0 Å². The summed E-state index contributed by atoms with van der Waals surface area (Å²) < 4.78 is 5.58. The molecule has 0 spiro atoms. The summed E-state index contributed by atoms with van der Waals surface area (Å²) in [6.07, 6.45) is 9.01. The first kappa shape index (κ1) is 8.63. The minimum Gasteiger partial charge on any atom is -0.498 e. The minimum atomic E-state index is 0.513. The van der Waals surface area contributed by atoms with Crippen LogP contribution in [0.3, 0.4) is 0 Å². The van der Waals surface area contributed by atoms with Crippen molar-refractivity contribution in [2.24, 2.45) is 0 Å². The smallest absolute Gasteiger partial charge is 0.0978 e. The molecule has 0 amide bonds. The van der Waals surface area contributed by atoms with Gasteiger partial charge in [-0.05, 0) is 45.1 Å². The van der Waals surface area contributed by atoms with Gasteiger partial charge >= 0.3 is 0 Å². The minimum absolute atomic E-state index is 0.513. The zero-order valence-electron chi connectivity index (χ0n) is 7.60. The fourth-order valence-corrected chi connectivity index (χ4v) is 1.43. The maximum atomic E-state index is 5.58. The molecule has 0 aromatic heterocycles. The van der Waals surface area contributed by atoms with Crippen molar-refractivity contribution in [2.75, 3.05) is 0 Å². The highest BCUT2D eigenvalue weighted by molar-refractivity contribution is 4.87. The first-order valence-electron chi connectivity index (χ1n) is 4.58. The van der Waals surface area contributed by atoms with Gasteiger partial charge in [0.2, 0.25) is 0 Å². The lowest BCUT2D eigenvalue weighted by Gasteiger charge is -2.20. The summed E-state index contributed by atoms with van der Waals surface area (Å²) in [7, 11) is 0. The lowest BCUT2D eigenvalue weighted by Crippen LogP contribution is -2.13. The Kier molecular flexibility index (Phi) is 3.47. The third-order valence-corrected chi connectivity index (χ3v) is 2.05. The lowest BCUT2D eigenvalue weighted by molar-refractivity contribution is 0.105. The van der Waals surface area contributed by atoms with Crippen molar-refractivity contribution >= 4 is 0 Å². The van der Waals surface area contributed by atoms with E-state index in [9.17, 15) is 0 Å². The van der Waals surface area contributed by atoms with Crippen molar-refractivity contribution in [1.29, 1.82) is 0 Å². The molecular formula is C10H18O. The summed E-state index contributed by atoms with van der Waals surface area (Å²) >= 11 is 0. The molecule has 1 rings (SSSR count). The van der Waals surface area contributed by atoms with Crippen LogP contribution in [0.25, 0.3) is 0 Å². The van der Waals surface area contributed by atoms with Crippen LogP contribution in [0.4, 0.5) is 0 Å². The summed E-state index contributed by atoms with van der Waals surface area (Å²) in [6, 6.07) is 0. The molecule has 0 heterocycles. The van der Waals surface area contributed by atoms with E-state index >= 15 is 0 Å². The highest BCUT2D eigenvalue weighted by atomic mass is 16.5. The van der Waals surface area contributed by atoms with E-state index in [1.165, 1.54) is 37.7 Å². The van der Waals surface area contributed by atoms with Crippen LogP contribution in [0, 0.1) is 0 Å². The third kappa shape index (κ3) is 3.45. The first-order chi connectivity index (χ1) is 5.29. The van der Waals surface area contributed by atoms with Crippen molar-refractivity contribution in [1.82, 2.24) is 0 Å². The maximum absolute atomic E-state index is 5.58. The second-order valence-corrected chi connectivity index (χ2v) is 3.59. The van der Waals surface area contributed by atoms with Crippen LogP contribution < -0.4 is 0 Å². The van der Waals surface area contributed by atoms with E-state index in [1.54, 1.807) is 0 Å². The Morgan fingerprint density at radius 3 is 2.36 bits per heavy atom. The van der Waals surface area contributed by atoms with Gasteiger partial charge in [-0.3, -0.25) is 0 Å². The van der Waals surface area contributed by atoms with Crippen LogP contribution in [0.1, 0.15) is 46.0 Å². The summed E-state index contributed by atoms with van der Waals surface area (Å²) in [4.78, 5) is 0. The Labute approximate surface area is 69.4 Å². The van der Waals surface area contributed by atoms with E-state index in [-0.39, 0.29) is 0 Å². The van der Waals surface area contributed by atoms with Crippen LogP contribution in [0.15, 0.2) is 11.8 Å². The summed E-state index contributed by atoms with van der Waals surface area (Å²) in [5, 5.41) is 0. The molecule has 0 aliphatic heterocycles. The molecule has 0 aromatic carbocycles. The average molecular weight is 154 g/mol. The Balaban J connectivity index is 2.19. The largest absolute Gasteiger partial charge is 0.498 e. The van der Waals surface area contributed by atoms with E-state index in [1.807, 2.05) is 6.26 Å². The van der Waals surface area contributed by atoms with Gasteiger partial charge < -0.3 is 4.74 Å². The zero-order valence-corrected chi connectivity index (χ0v) is 7.60.